The molecule has 0 saturated carbocycles. The van der Waals surface area contributed by atoms with Crippen LogP contribution in [0.25, 0.3) is 0 Å². The maximum atomic E-state index is 13.0. The highest BCUT2D eigenvalue weighted by Crippen LogP contribution is 2.26. The van der Waals surface area contributed by atoms with Gasteiger partial charge in [-0.15, -0.1) is 0 Å². The topological polar surface area (TPSA) is 110 Å². The Bertz CT molecular complexity index is 993. The molecule has 9 heteroatoms. The molecule has 0 saturated heterocycles. The summed E-state index contributed by atoms with van der Waals surface area (Å²) in [7, 11) is -3.88. The number of hydrogen-bond donors (Lipinski definition) is 1. The van der Waals surface area contributed by atoms with Gasteiger partial charge in [0, 0.05) is 12.1 Å². The molecule has 0 heterocycles. The average molecular weight is 434 g/mol. The van der Waals surface area contributed by atoms with Crippen molar-refractivity contribution in [2.45, 2.75) is 39.3 Å². The van der Waals surface area contributed by atoms with E-state index in [1.807, 2.05) is 44.2 Å². The van der Waals surface area contributed by atoms with E-state index in [0.717, 1.165) is 22.2 Å². The van der Waals surface area contributed by atoms with Crippen LogP contribution in [0, 0.1) is 16.0 Å². The molecule has 0 fully saturated rings. The van der Waals surface area contributed by atoms with Gasteiger partial charge in [-0.05, 0) is 30.9 Å². The van der Waals surface area contributed by atoms with Gasteiger partial charge in [-0.2, -0.15) is 0 Å². The second-order valence-corrected chi connectivity index (χ2v) is 9.47. The van der Waals surface area contributed by atoms with Gasteiger partial charge in [0.1, 0.15) is 6.04 Å². The summed E-state index contributed by atoms with van der Waals surface area (Å²) in [5, 5.41) is 14.0. The van der Waals surface area contributed by atoms with Crippen LogP contribution in [-0.4, -0.2) is 31.5 Å². The Morgan fingerprint density at radius 3 is 2.27 bits per heavy atom. The number of non-ortho nitro benzene ring substituents is 1. The van der Waals surface area contributed by atoms with E-state index in [1.165, 1.54) is 25.1 Å². The Labute approximate surface area is 177 Å². The van der Waals surface area contributed by atoms with Gasteiger partial charge in [0.2, 0.25) is 15.9 Å². The molecule has 0 bridgehead atoms. The zero-order valence-electron chi connectivity index (χ0n) is 17.5. The lowest BCUT2D eigenvalue weighted by Gasteiger charge is -2.30. The van der Waals surface area contributed by atoms with Crippen LogP contribution in [0.2, 0.25) is 0 Å². The third-order valence-electron chi connectivity index (χ3n) is 4.61. The SMILES string of the molecule is CC(C)CC(NC(=O)C(C)N(c1cccc([N+](=O)[O-])c1)S(C)(=O)=O)c1ccccc1. The summed E-state index contributed by atoms with van der Waals surface area (Å²) in [5.74, 6) is -0.185. The number of amides is 1. The largest absolute Gasteiger partial charge is 0.347 e. The first-order valence-electron chi connectivity index (χ1n) is 9.60. The number of benzene rings is 2. The fourth-order valence-corrected chi connectivity index (χ4v) is 4.45. The molecule has 0 spiro atoms. The lowest BCUT2D eigenvalue weighted by Crippen LogP contribution is -2.48. The molecule has 2 aromatic carbocycles. The molecular weight excluding hydrogens is 406 g/mol. The van der Waals surface area contributed by atoms with E-state index in [4.69, 9.17) is 0 Å². The monoisotopic (exact) mass is 433 g/mol. The molecule has 162 valence electrons. The number of nitro benzene ring substituents is 1. The number of hydrogen-bond acceptors (Lipinski definition) is 5. The summed E-state index contributed by atoms with van der Waals surface area (Å²) in [6.07, 6.45) is 1.65. The highest BCUT2D eigenvalue weighted by molar-refractivity contribution is 7.92. The smallest absolute Gasteiger partial charge is 0.271 e. The van der Waals surface area contributed by atoms with E-state index < -0.39 is 26.9 Å². The van der Waals surface area contributed by atoms with Crippen LogP contribution in [0.15, 0.2) is 54.6 Å². The van der Waals surface area contributed by atoms with Crippen molar-refractivity contribution in [1.29, 1.82) is 0 Å². The predicted molar refractivity (Wildman–Crippen MR) is 117 cm³/mol. The van der Waals surface area contributed by atoms with Crippen molar-refractivity contribution in [3.05, 3.63) is 70.3 Å². The van der Waals surface area contributed by atoms with Gasteiger partial charge in [-0.1, -0.05) is 50.2 Å². The lowest BCUT2D eigenvalue weighted by atomic mass is 9.96. The molecule has 2 aromatic rings. The van der Waals surface area contributed by atoms with Crippen molar-refractivity contribution >= 4 is 27.3 Å². The number of nitrogens with one attached hydrogen (secondary N) is 1. The van der Waals surface area contributed by atoms with Crippen molar-refractivity contribution in [1.82, 2.24) is 5.32 Å². The van der Waals surface area contributed by atoms with E-state index in [0.29, 0.717) is 12.3 Å². The van der Waals surface area contributed by atoms with Crippen molar-refractivity contribution in [3.63, 3.8) is 0 Å². The van der Waals surface area contributed by atoms with Crippen LogP contribution in [0.5, 0.6) is 0 Å². The van der Waals surface area contributed by atoms with Crippen molar-refractivity contribution in [2.24, 2.45) is 5.92 Å². The Balaban J connectivity index is 2.35. The molecule has 2 atom stereocenters. The maximum absolute atomic E-state index is 13.0. The Kier molecular flexibility index (Phi) is 7.55. The molecule has 2 rings (SSSR count). The summed E-state index contributed by atoms with van der Waals surface area (Å²) >= 11 is 0. The summed E-state index contributed by atoms with van der Waals surface area (Å²) in [6, 6.07) is 13.3. The van der Waals surface area contributed by atoms with Crippen molar-refractivity contribution < 1.29 is 18.1 Å². The van der Waals surface area contributed by atoms with Crippen LogP contribution < -0.4 is 9.62 Å². The highest BCUT2D eigenvalue weighted by atomic mass is 32.2. The van der Waals surface area contributed by atoms with Gasteiger partial charge >= 0.3 is 0 Å². The lowest BCUT2D eigenvalue weighted by molar-refractivity contribution is -0.384. The molecule has 0 aliphatic carbocycles. The fraction of sp³-hybridized carbons (Fsp3) is 0.381. The highest BCUT2D eigenvalue weighted by Gasteiger charge is 2.31. The molecule has 0 aliphatic heterocycles. The third-order valence-corrected chi connectivity index (χ3v) is 5.85. The first kappa shape index (κ1) is 23.3. The van der Waals surface area contributed by atoms with Gasteiger partial charge < -0.3 is 5.32 Å². The Morgan fingerprint density at radius 2 is 1.73 bits per heavy atom. The van der Waals surface area contributed by atoms with E-state index in [2.05, 4.69) is 5.32 Å². The number of nitrogens with zero attached hydrogens (tertiary/aromatic N) is 2. The Morgan fingerprint density at radius 1 is 1.10 bits per heavy atom. The minimum absolute atomic E-state index is 0.0643. The first-order chi connectivity index (χ1) is 14.0. The van der Waals surface area contributed by atoms with Crippen LogP contribution in [0.3, 0.4) is 0 Å². The minimum atomic E-state index is -3.88. The number of nitro groups is 1. The number of carbonyl (C=O) groups excluding carboxylic acids is 1. The standard InChI is InChI=1S/C21H27N3O5S/c1-15(2)13-20(17-9-6-5-7-10-17)22-21(25)16(3)23(30(4,28)29)18-11-8-12-19(14-18)24(26)27/h5-12,14-16,20H,13H2,1-4H3,(H,22,25). The molecule has 2 unspecified atom stereocenters. The number of rotatable bonds is 9. The van der Waals surface area contributed by atoms with Crippen LogP contribution in [-0.2, 0) is 14.8 Å². The van der Waals surface area contributed by atoms with Gasteiger partial charge in [0.25, 0.3) is 5.69 Å². The summed E-state index contributed by atoms with van der Waals surface area (Å²) < 4.78 is 25.8. The van der Waals surface area contributed by atoms with Crippen molar-refractivity contribution in [3.8, 4) is 0 Å². The van der Waals surface area contributed by atoms with E-state index in [1.54, 1.807) is 0 Å². The Hall–Kier alpha value is -2.94. The normalized spacial score (nSPS) is 13.5. The van der Waals surface area contributed by atoms with Gasteiger partial charge in [-0.25, -0.2) is 8.42 Å². The zero-order valence-corrected chi connectivity index (χ0v) is 18.3. The maximum Gasteiger partial charge on any atom is 0.271 e. The second kappa shape index (κ2) is 9.71. The summed E-state index contributed by atoms with van der Waals surface area (Å²) in [5.41, 5.74) is 0.734. The van der Waals surface area contributed by atoms with E-state index >= 15 is 0 Å². The number of sulfonamides is 1. The number of carbonyl (C=O) groups is 1. The molecule has 0 radical (unpaired) electrons. The molecule has 1 amide bonds. The van der Waals surface area contributed by atoms with Gasteiger partial charge in [-0.3, -0.25) is 19.2 Å². The van der Waals surface area contributed by atoms with E-state index in [-0.39, 0.29) is 17.4 Å². The molecule has 1 N–H and O–H groups in total. The molecule has 30 heavy (non-hydrogen) atoms. The molecular formula is C21H27N3O5S. The number of anilines is 1. The molecule has 0 aliphatic rings. The third kappa shape index (κ3) is 6.03. The average Bonchev–Trinajstić information content (AvgIpc) is 2.67. The molecule has 8 nitrogen and oxygen atoms in total. The first-order valence-corrected chi connectivity index (χ1v) is 11.4. The molecule has 0 aromatic heterocycles. The predicted octanol–water partition coefficient (Wildman–Crippen LogP) is 3.65. The van der Waals surface area contributed by atoms with Crippen LogP contribution >= 0.6 is 0 Å². The minimum Gasteiger partial charge on any atom is -0.347 e. The van der Waals surface area contributed by atoms with Crippen LogP contribution in [0.4, 0.5) is 11.4 Å². The second-order valence-electron chi connectivity index (χ2n) is 7.61. The quantitative estimate of drug-likeness (QED) is 0.479. The summed E-state index contributed by atoms with van der Waals surface area (Å²) in [6.45, 7) is 5.54. The zero-order chi connectivity index (χ0) is 22.5. The van der Waals surface area contributed by atoms with E-state index in [9.17, 15) is 23.3 Å². The van der Waals surface area contributed by atoms with Crippen molar-refractivity contribution in [2.75, 3.05) is 10.6 Å². The van der Waals surface area contributed by atoms with Crippen LogP contribution in [0.1, 0.15) is 38.8 Å². The van der Waals surface area contributed by atoms with Gasteiger partial charge in [0.05, 0.1) is 22.9 Å². The van der Waals surface area contributed by atoms with Gasteiger partial charge in [0.15, 0.2) is 0 Å². The fourth-order valence-electron chi connectivity index (χ4n) is 3.28. The summed E-state index contributed by atoms with van der Waals surface area (Å²) in [4.78, 5) is 23.5.